The fourth-order valence-corrected chi connectivity index (χ4v) is 2.30. The third-order valence-electron chi connectivity index (χ3n) is 2.58. The first-order chi connectivity index (χ1) is 9.91. The molecule has 0 aromatic carbocycles. The number of ether oxygens (including phenoxy) is 1. The summed E-state index contributed by atoms with van der Waals surface area (Å²) in [7, 11) is 4.00. The quantitative estimate of drug-likeness (QED) is 0.585. The van der Waals surface area contributed by atoms with Crippen LogP contribution in [0.25, 0.3) is 0 Å². The van der Waals surface area contributed by atoms with Crippen molar-refractivity contribution in [1.82, 2.24) is 14.6 Å². The Morgan fingerprint density at radius 1 is 1.43 bits per heavy atom. The number of likely N-dealkylation sites (N-methyl/N-ethyl adjacent to an activating group) is 1. The highest BCUT2D eigenvalue weighted by Crippen LogP contribution is 2.26. The number of hydrogen-bond donors (Lipinski definition) is 3. The maximum absolute atomic E-state index is 12.1. The summed E-state index contributed by atoms with van der Waals surface area (Å²) >= 11 is 1.19. The summed E-state index contributed by atoms with van der Waals surface area (Å²) in [5.41, 5.74) is 6.18. The first-order valence-electron chi connectivity index (χ1n) is 6.94. The largest absolute Gasteiger partial charge is 0.382 e. The molecule has 0 atom stereocenters. The number of amides is 1. The number of anilines is 2. The van der Waals surface area contributed by atoms with Gasteiger partial charge in [-0.05, 0) is 39.5 Å². The van der Waals surface area contributed by atoms with E-state index in [0.29, 0.717) is 30.3 Å². The minimum Gasteiger partial charge on any atom is -0.382 e. The molecule has 1 rings (SSSR count). The number of aromatic nitrogens is 1. The van der Waals surface area contributed by atoms with Crippen LogP contribution in [-0.4, -0.2) is 61.6 Å². The van der Waals surface area contributed by atoms with Crippen molar-refractivity contribution in [3.05, 3.63) is 5.56 Å². The third-order valence-corrected chi connectivity index (χ3v) is 3.40. The van der Waals surface area contributed by atoms with Crippen LogP contribution in [0, 0.1) is 0 Å². The Morgan fingerprint density at radius 2 is 2.14 bits per heavy atom. The van der Waals surface area contributed by atoms with Crippen LogP contribution < -0.4 is 16.4 Å². The van der Waals surface area contributed by atoms with Gasteiger partial charge < -0.3 is 26.0 Å². The number of nitrogens with zero attached hydrogens (tertiary/aromatic N) is 2. The molecule has 1 aromatic heterocycles. The monoisotopic (exact) mass is 315 g/mol. The van der Waals surface area contributed by atoms with E-state index in [2.05, 4.69) is 19.9 Å². The number of nitrogen functional groups attached to an aromatic ring is 1. The van der Waals surface area contributed by atoms with Gasteiger partial charge in [-0.15, -0.1) is 0 Å². The van der Waals surface area contributed by atoms with Crippen LogP contribution in [0.2, 0.25) is 0 Å². The molecule has 4 N–H and O–H groups in total. The highest BCUT2D eigenvalue weighted by Gasteiger charge is 2.19. The van der Waals surface area contributed by atoms with E-state index < -0.39 is 0 Å². The summed E-state index contributed by atoms with van der Waals surface area (Å²) in [5.74, 6) is 0.0569. The van der Waals surface area contributed by atoms with E-state index in [1.807, 2.05) is 27.9 Å². The van der Waals surface area contributed by atoms with E-state index in [0.717, 1.165) is 6.54 Å². The summed E-state index contributed by atoms with van der Waals surface area (Å²) in [6.07, 6.45) is 0. The minimum atomic E-state index is -0.202. The van der Waals surface area contributed by atoms with Gasteiger partial charge in [0.05, 0.1) is 13.2 Å². The van der Waals surface area contributed by atoms with Gasteiger partial charge in [-0.3, -0.25) is 4.79 Å². The number of carbonyl (C=O) groups excluding carboxylic acids is 1. The van der Waals surface area contributed by atoms with Crippen LogP contribution in [0.4, 0.5) is 10.8 Å². The summed E-state index contributed by atoms with van der Waals surface area (Å²) in [5, 5.41) is 6.66. The lowest BCUT2D eigenvalue weighted by Crippen LogP contribution is -2.31. The summed E-state index contributed by atoms with van der Waals surface area (Å²) < 4.78 is 9.52. The van der Waals surface area contributed by atoms with Crippen molar-refractivity contribution in [3.8, 4) is 0 Å². The molecular formula is C13H25N5O2S. The number of rotatable bonds is 9. The van der Waals surface area contributed by atoms with Crippen LogP contribution in [0.1, 0.15) is 24.2 Å². The predicted molar refractivity (Wildman–Crippen MR) is 87.0 cm³/mol. The lowest BCUT2D eigenvalue weighted by molar-refractivity contribution is 0.0944. The van der Waals surface area contributed by atoms with Crippen molar-refractivity contribution in [2.45, 2.75) is 19.9 Å². The number of hydrogen-bond acceptors (Lipinski definition) is 7. The average molecular weight is 315 g/mol. The normalized spacial score (nSPS) is 11.1. The summed E-state index contributed by atoms with van der Waals surface area (Å²) in [4.78, 5) is 14.1. The molecule has 0 saturated heterocycles. The van der Waals surface area contributed by atoms with Crippen LogP contribution in [-0.2, 0) is 4.74 Å². The van der Waals surface area contributed by atoms with Gasteiger partial charge in [-0.25, -0.2) is 0 Å². The lowest BCUT2D eigenvalue weighted by Gasteiger charge is -2.11. The molecule has 7 nitrogen and oxygen atoms in total. The average Bonchev–Trinajstić information content (AvgIpc) is 2.73. The second-order valence-corrected chi connectivity index (χ2v) is 6.02. The van der Waals surface area contributed by atoms with E-state index in [1.165, 1.54) is 11.5 Å². The van der Waals surface area contributed by atoms with Gasteiger partial charge in [0.15, 0.2) is 5.82 Å². The SMILES string of the molecule is CC(C)NC(=O)c1c(N)nsc1NCCOCCN(C)C. The van der Waals surface area contributed by atoms with Gasteiger partial charge in [0, 0.05) is 19.1 Å². The van der Waals surface area contributed by atoms with Crippen molar-refractivity contribution in [2.75, 3.05) is 51.4 Å². The lowest BCUT2D eigenvalue weighted by atomic mass is 10.2. The standard InChI is InChI=1S/C13H25N5O2S/c1-9(2)16-12(19)10-11(14)17-21-13(10)15-5-7-20-8-6-18(3)4/h9,15H,5-8H2,1-4H3,(H2,14,17)(H,16,19). The number of carbonyl (C=O) groups is 1. The zero-order chi connectivity index (χ0) is 15.8. The third kappa shape index (κ3) is 6.28. The van der Waals surface area contributed by atoms with E-state index in [4.69, 9.17) is 10.5 Å². The van der Waals surface area contributed by atoms with Crippen LogP contribution >= 0.6 is 11.5 Å². The van der Waals surface area contributed by atoms with Crippen molar-refractivity contribution >= 4 is 28.3 Å². The van der Waals surface area contributed by atoms with E-state index in [1.54, 1.807) is 0 Å². The molecule has 0 aliphatic rings. The molecule has 0 aliphatic heterocycles. The van der Waals surface area contributed by atoms with Crippen molar-refractivity contribution in [1.29, 1.82) is 0 Å². The fraction of sp³-hybridized carbons (Fsp3) is 0.692. The van der Waals surface area contributed by atoms with E-state index >= 15 is 0 Å². The summed E-state index contributed by atoms with van der Waals surface area (Å²) in [6, 6.07) is 0.0546. The van der Waals surface area contributed by atoms with E-state index in [-0.39, 0.29) is 17.8 Å². The molecule has 0 unspecified atom stereocenters. The summed E-state index contributed by atoms with van der Waals surface area (Å²) in [6.45, 7) is 6.54. The van der Waals surface area contributed by atoms with E-state index in [9.17, 15) is 4.79 Å². The highest BCUT2D eigenvalue weighted by atomic mass is 32.1. The molecule has 0 aliphatic carbocycles. The van der Waals surface area contributed by atoms with Crippen LogP contribution in [0.3, 0.4) is 0 Å². The molecule has 1 aromatic rings. The van der Waals surface area contributed by atoms with Crippen molar-refractivity contribution < 1.29 is 9.53 Å². The van der Waals surface area contributed by atoms with Gasteiger partial charge >= 0.3 is 0 Å². The smallest absolute Gasteiger partial charge is 0.258 e. The van der Waals surface area contributed by atoms with Gasteiger partial charge in [0.2, 0.25) is 0 Å². The van der Waals surface area contributed by atoms with Crippen LogP contribution in [0.15, 0.2) is 0 Å². The Hall–Kier alpha value is -1.38. The molecule has 1 amide bonds. The Balaban J connectivity index is 2.43. The topological polar surface area (TPSA) is 92.5 Å². The number of nitrogens with two attached hydrogens (primary N) is 1. The first-order valence-corrected chi connectivity index (χ1v) is 7.71. The minimum absolute atomic E-state index is 0.0546. The Bertz CT molecular complexity index is 448. The highest BCUT2D eigenvalue weighted by molar-refractivity contribution is 7.11. The Morgan fingerprint density at radius 3 is 2.76 bits per heavy atom. The molecule has 8 heteroatoms. The molecule has 1 heterocycles. The Labute approximate surface area is 130 Å². The molecule has 0 bridgehead atoms. The molecule has 0 saturated carbocycles. The Kier molecular flexibility index (Phi) is 7.41. The number of nitrogens with one attached hydrogen (secondary N) is 2. The van der Waals surface area contributed by atoms with Gasteiger partial charge in [-0.1, -0.05) is 0 Å². The second kappa shape index (κ2) is 8.81. The van der Waals surface area contributed by atoms with Gasteiger partial charge in [0.1, 0.15) is 10.6 Å². The maximum atomic E-state index is 12.1. The van der Waals surface area contributed by atoms with Crippen molar-refractivity contribution in [2.24, 2.45) is 0 Å². The molecule has 120 valence electrons. The maximum Gasteiger partial charge on any atom is 0.258 e. The van der Waals surface area contributed by atoms with Gasteiger partial charge in [0.25, 0.3) is 5.91 Å². The zero-order valence-corrected chi connectivity index (χ0v) is 13.9. The van der Waals surface area contributed by atoms with Crippen LogP contribution in [0.5, 0.6) is 0 Å². The predicted octanol–water partition coefficient (Wildman–Crippen LogP) is 0.854. The van der Waals surface area contributed by atoms with Crippen molar-refractivity contribution in [3.63, 3.8) is 0 Å². The van der Waals surface area contributed by atoms with Gasteiger partial charge in [-0.2, -0.15) is 4.37 Å². The molecular weight excluding hydrogens is 290 g/mol. The fourth-order valence-electron chi connectivity index (χ4n) is 1.56. The zero-order valence-electron chi connectivity index (χ0n) is 13.1. The second-order valence-electron chi connectivity index (χ2n) is 5.24. The first kappa shape index (κ1) is 17.7. The molecule has 0 radical (unpaired) electrons. The molecule has 0 fully saturated rings. The molecule has 21 heavy (non-hydrogen) atoms. The molecule has 0 spiro atoms.